The fourth-order valence-corrected chi connectivity index (χ4v) is 12.8. The van der Waals surface area contributed by atoms with Crippen molar-refractivity contribution in [1.82, 2.24) is 70.4 Å². The van der Waals surface area contributed by atoms with E-state index in [0.29, 0.717) is 82.6 Å². The predicted octanol–water partition coefficient (Wildman–Crippen LogP) is 13.5. The van der Waals surface area contributed by atoms with E-state index in [9.17, 15) is 23.1 Å². The van der Waals surface area contributed by atoms with E-state index in [2.05, 4.69) is 140 Å². The number of aromatic nitrogens is 12. The van der Waals surface area contributed by atoms with Crippen LogP contribution in [-0.4, -0.2) is 140 Å². The molecule has 0 atom stereocenters. The van der Waals surface area contributed by atoms with Crippen molar-refractivity contribution in [2.45, 2.75) is 64.6 Å². The molecule has 0 spiro atoms. The zero-order valence-corrected chi connectivity index (χ0v) is 66.3. The molecule has 9 N–H and O–H groups in total. The average molecular weight is 1720 g/mol. The van der Waals surface area contributed by atoms with Crippen LogP contribution in [0.4, 0.5) is 30.6 Å². The van der Waals surface area contributed by atoms with Crippen molar-refractivity contribution in [2.75, 3.05) is 76.6 Å². The third-order valence-corrected chi connectivity index (χ3v) is 18.3. The molecule has 0 unspecified atom stereocenters. The summed E-state index contributed by atoms with van der Waals surface area (Å²) in [6, 6.07) is 39.5. The number of rotatable bonds is 30. The van der Waals surface area contributed by atoms with E-state index >= 15 is 0 Å². The van der Waals surface area contributed by atoms with Crippen molar-refractivity contribution in [3.05, 3.63) is 243 Å². The maximum absolute atomic E-state index is 13.8. The Kier molecular flexibility index (Phi) is 36.5. The molecule has 564 valence electrons. The second kappa shape index (κ2) is 46.8. The molecule has 13 rings (SSSR count). The molecule has 13 aromatic rings. The molecule has 0 saturated carbocycles. The molecule has 9 heterocycles. The first-order valence-electron chi connectivity index (χ1n) is 33.7. The highest BCUT2D eigenvalue weighted by atomic mass is 79.9. The molecule has 24 nitrogen and oxygen atoms in total. The number of nitrogens with one attached hydrogen (secondary N) is 5. The van der Waals surface area contributed by atoms with E-state index in [4.69, 9.17) is 25.1 Å². The number of pyridine rings is 3. The fraction of sp³-hybridized carbons (Fsp3) is 0.257. The zero-order chi connectivity index (χ0) is 76.7. The number of hydrogen-bond donors (Lipinski definition) is 8. The Bertz CT molecular complexity index is 4870. The van der Waals surface area contributed by atoms with Crippen molar-refractivity contribution >= 4 is 139 Å². The fourth-order valence-electron chi connectivity index (χ4n) is 10.1. The summed E-state index contributed by atoms with van der Waals surface area (Å²) in [5.41, 5.74) is 12.7. The second-order valence-electron chi connectivity index (χ2n) is 22.5. The van der Waals surface area contributed by atoms with Gasteiger partial charge in [0.1, 0.15) is 96.8 Å². The minimum atomic E-state index is -0.357. The average Bonchev–Trinajstić information content (AvgIpc) is 1.67. The summed E-state index contributed by atoms with van der Waals surface area (Å²) >= 11 is 13.9. The van der Waals surface area contributed by atoms with Crippen LogP contribution < -0.4 is 46.5 Å². The summed E-state index contributed by atoms with van der Waals surface area (Å²) in [6.45, 7) is 4.60. The summed E-state index contributed by atoms with van der Waals surface area (Å²) in [7, 11) is 4.93. The summed E-state index contributed by atoms with van der Waals surface area (Å²) < 4.78 is 56.9. The van der Waals surface area contributed by atoms with Crippen LogP contribution in [-0.2, 0) is 69.4 Å². The molecule has 4 aromatic carbocycles. The number of phenols is 1. The lowest BCUT2D eigenvalue weighted by Crippen LogP contribution is -2.20. The monoisotopic (exact) mass is 1720 g/mol. The third-order valence-electron chi connectivity index (χ3n) is 15.3. The van der Waals surface area contributed by atoms with Gasteiger partial charge in [-0.05, 0) is 116 Å². The van der Waals surface area contributed by atoms with Crippen LogP contribution in [0.2, 0.25) is 0 Å². The number of carbonyl (C=O) groups is 1. The van der Waals surface area contributed by atoms with Gasteiger partial charge >= 0.3 is 3.18 Å². The molecule has 0 fully saturated rings. The first-order valence-corrected chi connectivity index (χ1v) is 38.9. The van der Waals surface area contributed by atoms with Crippen molar-refractivity contribution < 1.29 is 42.4 Å². The summed E-state index contributed by atoms with van der Waals surface area (Å²) in [4.78, 5) is 64.0. The van der Waals surface area contributed by atoms with Crippen LogP contribution in [0.25, 0.3) is 31.0 Å². The first-order chi connectivity index (χ1) is 52.7. The van der Waals surface area contributed by atoms with Crippen LogP contribution in [0.5, 0.6) is 23.0 Å². The van der Waals surface area contributed by atoms with Crippen LogP contribution in [0.15, 0.2) is 171 Å². The van der Waals surface area contributed by atoms with Crippen molar-refractivity contribution in [3.63, 3.8) is 0 Å². The smallest absolute Gasteiger partial charge is 0.369 e. The number of ether oxygens (including phenoxy) is 3. The normalized spacial score (nSPS) is 10.5. The quantitative estimate of drug-likeness (QED) is 0.0118. The molecular formula is C74H79BBr3F3N18O6S3. The van der Waals surface area contributed by atoms with E-state index in [1.807, 2.05) is 84.9 Å². The standard InChI is InChI=1S/C22H23FN6OS.C21H21FN6OS.C13H13FN6S.C9H12O2.C9H10O2.BBr3/c1-30-18-7-3-2-5-15(18)8-11-24-12-9-19-29-20-21(27-14-28-22(20)31-19)26-13-17-16(23)6-4-10-25-17;22-15-5-3-9-24-16(15)12-25-20-19-21(27-13-26-20)30-18(28-19)8-11-23-10-7-14-4-1-2-6-17(14)29;14-8-2-1-5-16-9(8)6-17-12-11-13(19-7-18-12)21-10(20-11)3-4-15;2*1-11-9-5-3-2-4-8(9)6-7-10;2-1(3)4/h2-7,10,14,24H,8-9,11-13H2,1H3,(H,26,27,28);1-6,9,13,23,29H,7-8,10-12H2,(H,25,26,27);1-2,5,7H,3-4,6,15H2,(H,17,18,19);2-5,10H,6-7H2,1H3;2-5,7H,6H2,1H3;. The Morgan fingerprint density at radius 3 is 1.17 bits per heavy atom. The molecule has 0 amide bonds. The van der Waals surface area contributed by atoms with Gasteiger partial charge in [-0.25, -0.2) is 58.0 Å². The number of aliphatic hydroxyl groups excluding tert-OH is 1. The van der Waals surface area contributed by atoms with E-state index in [1.54, 1.807) is 75.5 Å². The molecule has 0 aliphatic rings. The number of nitrogens with zero attached hydrogens (tertiary/aromatic N) is 12. The molecule has 0 bridgehead atoms. The van der Waals surface area contributed by atoms with Crippen molar-refractivity contribution in [2.24, 2.45) is 5.73 Å². The number of halogens is 6. The molecular weight excluding hydrogens is 1640 g/mol. The summed E-state index contributed by atoms with van der Waals surface area (Å²) in [6.07, 6.45) is 15.0. The van der Waals surface area contributed by atoms with Gasteiger partial charge in [-0.3, -0.25) is 15.0 Å². The number of carbonyl (C=O) groups excluding carboxylic acids is 1. The summed E-state index contributed by atoms with van der Waals surface area (Å²) in [5.74, 6) is 3.54. The number of aromatic hydroxyl groups is 1. The number of aldehydes is 1. The highest BCUT2D eigenvalue weighted by Gasteiger charge is 2.16. The van der Waals surface area contributed by atoms with Gasteiger partial charge in [0.25, 0.3) is 0 Å². The Balaban J connectivity index is 0.000000177. The minimum Gasteiger partial charge on any atom is -0.508 e. The maximum atomic E-state index is 13.8. The first kappa shape index (κ1) is 84.3. The lowest BCUT2D eigenvalue weighted by atomic mass is 10.1. The Morgan fingerprint density at radius 1 is 0.454 bits per heavy atom. The van der Waals surface area contributed by atoms with E-state index in [-0.39, 0.29) is 46.9 Å². The van der Waals surface area contributed by atoms with E-state index < -0.39 is 0 Å². The lowest BCUT2D eigenvalue weighted by Gasteiger charge is -2.08. The van der Waals surface area contributed by atoms with Gasteiger partial charge in [-0.15, -0.1) is 47.3 Å². The number of anilines is 3. The Morgan fingerprint density at radius 2 is 0.796 bits per heavy atom. The highest BCUT2D eigenvalue weighted by molar-refractivity contribution is 9.69. The molecule has 0 aliphatic carbocycles. The van der Waals surface area contributed by atoms with Crippen molar-refractivity contribution in [3.8, 4) is 23.0 Å². The molecule has 9 aromatic heterocycles. The second-order valence-corrected chi connectivity index (χ2v) is 32.1. The predicted molar refractivity (Wildman–Crippen MR) is 434 cm³/mol. The van der Waals surface area contributed by atoms with Gasteiger partial charge in [0.15, 0.2) is 17.5 Å². The number of para-hydroxylation sites is 4. The van der Waals surface area contributed by atoms with Gasteiger partial charge < -0.3 is 61.5 Å². The lowest BCUT2D eigenvalue weighted by molar-refractivity contribution is -0.107. The minimum absolute atomic E-state index is 0.167. The van der Waals surface area contributed by atoms with Gasteiger partial charge in [0.05, 0.1) is 73.1 Å². The van der Waals surface area contributed by atoms with Gasteiger partial charge in [0.2, 0.25) is 0 Å². The van der Waals surface area contributed by atoms with E-state index in [1.165, 1.54) is 65.4 Å². The Labute approximate surface area is 660 Å². The number of fused-ring (bicyclic) bond motifs is 3. The van der Waals surface area contributed by atoms with E-state index in [0.717, 1.165) is 122 Å². The number of methoxy groups -OCH3 is 3. The molecule has 108 heavy (non-hydrogen) atoms. The number of aliphatic hydroxyl groups is 1. The SMILES string of the molecule is BrB(Br)Br.COc1ccccc1CC=O.COc1ccccc1CCNCCc1nc2c(NCc3ncccc3F)ncnc2s1.COc1ccccc1CCO.NCCc1nc2c(NCc3ncccc3F)ncnc2s1.Oc1ccccc1CCNCCc1nc2c(NCc3ncccc3F)ncnc2s1. The largest absolute Gasteiger partial charge is 0.508 e. The number of nitrogens with two attached hydrogens (primary N) is 1. The zero-order valence-electron chi connectivity index (χ0n) is 59.1. The number of phenolic OH excluding ortho intramolecular Hbond substituents is 1. The van der Waals surface area contributed by atoms with Gasteiger partial charge in [0, 0.05) is 69.5 Å². The topological polar surface area (TPSA) is 326 Å². The number of benzene rings is 4. The molecule has 34 heteroatoms. The number of hydrogen-bond acceptors (Lipinski definition) is 27. The van der Waals surface area contributed by atoms with Crippen LogP contribution in [0.3, 0.4) is 0 Å². The molecule has 0 radical (unpaired) electrons. The van der Waals surface area contributed by atoms with Gasteiger partial charge in [-0.1, -0.05) is 107 Å². The maximum Gasteiger partial charge on any atom is 0.369 e. The highest BCUT2D eigenvalue weighted by Crippen LogP contribution is 2.29. The number of thiazole rings is 3. The third kappa shape index (κ3) is 27.4. The summed E-state index contributed by atoms with van der Waals surface area (Å²) in [5, 5.41) is 37.5. The molecule has 0 saturated heterocycles. The van der Waals surface area contributed by atoms with Gasteiger partial charge in [-0.2, -0.15) is 0 Å². The van der Waals surface area contributed by atoms with Crippen LogP contribution in [0, 0.1) is 17.5 Å². The Hall–Kier alpha value is -9.36. The molecule has 0 aliphatic heterocycles. The van der Waals surface area contributed by atoms with Crippen LogP contribution in [0.1, 0.15) is 54.4 Å². The van der Waals surface area contributed by atoms with Crippen LogP contribution >= 0.6 is 81.3 Å². The van der Waals surface area contributed by atoms with Crippen molar-refractivity contribution in [1.29, 1.82) is 0 Å².